The fourth-order valence-electron chi connectivity index (χ4n) is 1.34. The third-order valence-corrected chi connectivity index (χ3v) is 2.27. The molecule has 0 saturated heterocycles. The van der Waals surface area contributed by atoms with Crippen LogP contribution in [0.5, 0.6) is 0 Å². The molecule has 0 aromatic rings. The van der Waals surface area contributed by atoms with Gasteiger partial charge < -0.3 is 45.6 Å². The Hall–Kier alpha value is -1.01. The molecule has 13 heteroatoms. The zero-order valence-corrected chi connectivity index (χ0v) is 16.4. The summed E-state index contributed by atoms with van der Waals surface area (Å²) in [5.41, 5.74) is 2.50. The summed E-state index contributed by atoms with van der Waals surface area (Å²) in [7, 11) is 0. The van der Waals surface area contributed by atoms with Crippen molar-refractivity contribution in [1.82, 2.24) is 0 Å². The second-order valence-corrected chi connectivity index (χ2v) is 4.51. The van der Waals surface area contributed by atoms with Crippen molar-refractivity contribution in [3.05, 3.63) is 0 Å². The second kappa shape index (κ2) is 16.5. The number of rotatable bonds is 10. The van der Waals surface area contributed by atoms with E-state index in [1.165, 1.54) is 0 Å². The van der Waals surface area contributed by atoms with Crippen molar-refractivity contribution in [1.29, 1.82) is 0 Å². The molecule has 0 unspecified atom stereocenters. The molecule has 0 rings (SSSR count). The van der Waals surface area contributed by atoms with Crippen molar-refractivity contribution in [3.63, 3.8) is 0 Å². The Morgan fingerprint density at radius 2 is 1.16 bits per heavy atom. The van der Waals surface area contributed by atoms with Gasteiger partial charge in [-0.25, -0.2) is 0 Å². The Morgan fingerprint density at radius 1 is 0.840 bits per heavy atom. The van der Waals surface area contributed by atoms with Crippen LogP contribution in [0.15, 0.2) is 0 Å². The maximum absolute atomic E-state index is 10.3. The Kier molecular flexibility index (Phi) is 20.9. The monoisotopic (exact) mass is 413 g/mol. The summed E-state index contributed by atoms with van der Waals surface area (Å²) in [5, 5.41) is 47.6. The van der Waals surface area contributed by atoms with Crippen LogP contribution >= 0.6 is 0 Å². The van der Waals surface area contributed by atoms with E-state index < -0.39 is 48.7 Å². The van der Waals surface area contributed by atoms with E-state index in [0.29, 0.717) is 0 Å². The molecule has 0 heterocycles. The number of Topliss-reactive ketones (excluding diaryl/α,β-unsaturated/α-hetero) is 1. The van der Waals surface area contributed by atoms with E-state index in [0.717, 1.165) is 0 Å². The second-order valence-electron chi connectivity index (χ2n) is 4.51. The SMILES string of the molecule is NCC(=O)CCC(=O)O.O=C([O-])CC(O)(CC(=O)[O-])CC(=O)[O-].[Fe+2].[Na+]. The molecular formula is C12H16FeNNaO10. The van der Waals surface area contributed by atoms with E-state index in [9.17, 15) is 44.4 Å². The Labute approximate surface area is 175 Å². The molecule has 0 aliphatic carbocycles. The largest absolute Gasteiger partial charge is 2.00 e. The van der Waals surface area contributed by atoms with Gasteiger partial charge in [0, 0.05) is 43.6 Å². The topological polar surface area (TPSA) is 221 Å². The van der Waals surface area contributed by atoms with Crippen LogP contribution in [-0.4, -0.2) is 52.0 Å². The van der Waals surface area contributed by atoms with Gasteiger partial charge in [0.25, 0.3) is 0 Å². The summed E-state index contributed by atoms with van der Waals surface area (Å²) < 4.78 is 0. The number of carboxylic acids is 4. The fraction of sp³-hybridized carbons (Fsp3) is 0.583. The predicted molar refractivity (Wildman–Crippen MR) is 64.8 cm³/mol. The summed E-state index contributed by atoms with van der Waals surface area (Å²) in [6, 6.07) is 0. The molecule has 0 aromatic carbocycles. The average molecular weight is 413 g/mol. The van der Waals surface area contributed by atoms with Crippen LogP contribution in [0.25, 0.3) is 0 Å². The van der Waals surface area contributed by atoms with Crippen molar-refractivity contribution >= 4 is 29.7 Å². The van der Waals surface area contributed by atoms with Gasteiger partial charge in [0.05, 0.1) is 18.6 Å². The number of aliphatic carboxylic acids is 4. The number of carboxylic acid groups (broad SMARTS) is 4. The van der Waals surface area contributed by atoms with E-state index in [2.05, 4.69) is 0 Å². The molecule has 0 aliphatic heterocycles. The minimum Gasteiger partial charge on any atom is -0.550 e. The predicted octanol–water partition coefficient (Wildman–Crippen LogP) is -8.48. The molecule has 138 valence electrons. The molecule has 25 heavy (non-hydrogen) atoms. The zero-order chi connectivity index (χ0) is 18.6. The van der Waals surface area contributed by atoms with Crippen LogP contribution in [0, 0.1) is 0 Å². The van der Waals surface area contributed by atoms with Gasteiger partial charge in [0.15, 0.2) is 0 Å². The first-order valence-electron chi connectivity index (χ1n) is 6.17. The van der Waals surface area contributed by atoms with Gasteiger partial charge in [-0.1, -0.05) is 0 Å². The van der Waals surface area contributed by atoms with Crippen LogP contribution in [0.3, 0.4) is 0 Å². The van der Waals surface area contributed by atoms with Crippen molar-refractivity contribution < 1.29 is 96.1 Å². The molecule has 0 aliphatic rings. The molecule has 0 atom stereocenters. The number of hydrogen-bond donors (Lipinski definition) is 3. The Bertz CT molecular complexity index is 430. The van der Waals surface area contributed by atoms with Gasteiger partial charge in [0.2, 0.25) is 0 Å². The zero-order valence-electron chi connectivity index (χ0n) is 13.3. The van der Waals surface area contributed by atoms with Gasteiger partial charge >= 0.3 is 52.6 Å². The Balaban J connectivity index is -0.000000177. The molecule has 0 amide bonds. The molecular weight excluding hydrogens is 397 g/mol. The van der Waals surface area contributed by atoms with E-state index in [1.54, 1.807) is 0 Å². The van der Waals surface area contributed by atoms with Crippen LogP contribution in [0.4, 0.5) is 0 Å². The number of hydrogen-bond acceptors (Lipinski definition) is 10. The van der Waals surface area contributed by atoms with E-state index in [4.69, 9.17) is 10.8 Å². The maximum Gasteiger partial charge on any atom is 2.00 e. The summed E-state index contributed by atoms with van der Waals surface area (Å²) in [5.74, 6) is -6.44. The van der Waals surface area contributed by atoms with Crippen molar-refractivity contribution in [2.45, 2.75) is 37.7 Å². The summed E-state index contributed by atoms with van der Waals surface area (Å²) in [6.45, 7) is -0.0622. The summed E-state index contributed by atoms with van der Waals surface area (Å²) >= 11 is 0. The van der Waals surface area contributed by atoms with Gasteiger partial charge in [-0.2, -0.15) is 0 Å². The third-order valence-electron chi connectivity index (χ3n) is 2.27. The van der Waals surface area contributed by atoms with E-state index in [1.807, 2.05) is 0 Å². The van der Waals surface area contributed by atoms with E-state index in [-0.39, 0.29) is 71.8 Å². The molecule has 0 fully saturated rings. The van der Waals surface area contributed by atoms with Gasteiger partial charge in [-0.05, 0) is 0 Å². The number of carbonyl (C=O) groups is 5. The maximum atomic E-state index is 10.3. The number of aliphatic hydroxyl groups is 1. The van der Waals surface area contributed by atoms with Gasteiger partial charge in [-0.3, -0.25) is 9.59 Å². The number of carbonyl (C=O) groups excluding carboxylic acids is 4. The molecule has 0 bridgehead atoms. The van der Waals surface area contributed by atoms with Crippen molar-refractivity contribution in [2.24, 2.45) is 5.73 Å². The summed E-state index contributed by atoms with van der Waals surface area (Å²) in [6.07, 6.45) is -3.37. The van der Waals surface area contributed by atoms with Gasteiger partial charge in [-0.15, -0.1) is 0 Å². The number of ketones is 1. The quantitative estimate of drug-likeness (QED) is 0.285. The molecule has 0 spiro atoms. The minimum atomic E-state index is -2.42. The molecule has 0 saturated carbocycles. The number of nitrogens with two attached hydrogens (primary N) is 1. The molecule has 11 nitrogen and oxygen atoms in total. The van der Waals surface area contributed by atoms with Crippen molar-refractivity contribution in [2.75, 3.05) is 6.54 Å². The first-order valence-corrected chi connectivity index (χ1v) is 6.17. The molecule has 0 radical (unpaired) electrons. The first-order chi connectivity index (χ1) is 10.4. The van der Waals surface area contributed by atoms with Crippen LogP contribution in [0.2, 0.25) is 0 Å². The molecule has 0 aromatic heterocycles. The smallest absolute Gasteiger partial charge is 0.550 e. The molecule has 4 N–H and O–H groups in total. The fourth-order valence-corrected chi connectivity index (χ4v) is 1.34. The minimum absolute atomic E-state index is 0. The standard InChI is InChI=1S/C7H10O7.C5H9NO3.Fe.Na/c8-4(9)1-7(14,2-5(10)11)3-6(12)13;6-3-4(7)1-2-5(8)9;;/h14H,1-3H2,(H,8,9)(H,10,11)(H,12,13);1-3,6H2,(H,8,9);;/q;;+2;+1/p-3. The first kappa shape index (κ1) is 31.7. The normalized spacial score (nSPS) is 9.36. The van der Waals surface area contributed by atoms with Crippen LogP contribution in [0.1, 0.15) is 32.1 Å². The van der Waals surface area contributed by atoms with Crippen LogP contribution < -0.4 is 50.6 Å². The van der Waals surface area contributed by atoms with Crippen LogP contribution in [-0.2, 0) is 41.0 Å². The van der Waals surface area contributed by atoms with Gasteiger partial charge in [0.1, 0.15) is 5.78 Å². The van der Waals surface area contributed by atoms with E-state index >= 15 is 0 Å². The summed E-state index contributed by atoms with van der Waals surface area (Å²) in [4.78, 5) is 50.4. The average Bonchev–Trinajstić information content (AvgIpc) is 2.32. The van der Waals surface area contributed by atoms with Crippen molar-refractivity contribution in [3.8, 4) is 0 Å². The Morgan fingerprint density at radius 3 is 1.36 bits per heavy atom. The third kappa shape index (κ3) is 23.0.